The zero-order chi connectivity index (χ0) is 21.1. The van der Waals surface area contributed by atoms with Crippen LogP contribution in [0.25, 0.3) is 0 Å². The summed E-state index contributed by atoms with van der Waals surface area (Å²) in [6, 6.07) is 11.8. The van der Waals surface area contributed by atoms with E-state index in [0.29, 0.717) is 37.7 Å². The van der Waals surface area contributed by atoms with Crippen LogP contribution < -0.4 is 4.74 Å². The molecule has 5 nitrogen and oxygen atoms in total. The van der Waals surface area contributed by atoms with Crippen LogP contribution >= 0.6 is 22.7 Å². The molecule has 30 heavy (non-hydrogen) atoms. The molecule has 1 aliphatic heterocycles. The first-order chi connectivity index (χ1) is 14.5. The molecule has 0 aliphatic carbocycles. The van der Waals surface area contributed by atoms with Crippen molar-refractivity contribution in [2.45, 2.75) is 20.5 Å². The van der Waals surface area contributed by atoms with Crippen molar-refractivity contribution in [3.8, 4) is 5.75 Å². The molecule has 156 valence electrons. The highest BCUT2D eigenvalue weighted by Crippen LogP contribution is 2.22. The predicted molar refractivity (Wildman–Crippen MR) is 121 cm³/mol. The third kappa shape index (κ3) is 4.74. The number of amides is 2. The maximum Gasteiger partial charge on any atom is 0.264 e. The van der Waals surface area contributed by atoms with Gasteiger partial charge in [0.2, 0.25) is 0 Å². The Morgan fingerprint density at radius 2 is 1.53 bits per heavy atom. The molecule has 0 radical (unpaired) electrons. The molecule has 7 heteroatoms. The van der Waals surface area contributed by atoms with E-state index >= 15 is 0 Å². The van der Waals surface area contributed by atoms with Crippen LogP contribution in [0.2, 0.25) is 0 Å². The first kappa shape index (κ1) is 20.6. The number of nitrogens with zero attached hydrogens (tertiary/aromatic N) is 2. The van der Waals surface area contributed by atoms with Gasteiger partial charge in [0, 0.05) is 31.7 Å². The number of hydrogen-bond acceptors (Lipinski definition) is 5. The van der Waals surface area contributed by atoms with Gasteiger partial charge in [0.25, 0.3) is 11.8 Å². The molecule has 3 aromatic rings. The van der Waals surface area contributed by atoms with Gasteiger partial charge in [-0.2, -0.15) is 0 Å². The average Bonchev–Trinajstić information content (AvgIpc) is 3.43. The SMILES string of the molecule is Cc1cc(C)cc(OCc2csc(C(=O)N3CCN(C(=O)c4cccs4)CC3)c2)c1. The van der Waals surface area contributed by atoms with Crippen molar-refractivity contribution in [3.63, 3.8) is 0 Å². The molecule has 0 spiro atoms. The van der Waals surface area contributed by atoms with Crippen LogP contribution in [0.15, 0.2) is 47.2 Å². The Morgan fingerprint density at radius 1 is 0.900 bits per heavy atom. The second kappa shape index (κ2) is 9.02. The van der Waals surface area contributed by atoms with Crippen LogP contribution in [-0.2, 0) is 6.61 Å². The van der Waals surface area contributed by atoms with Gasteiger partial charge in [0.05, 0.1) is 9.75 Å². The van der Waals surface area contributed by atoms with Gasteiger partial charge in [-0.05, 0) is 60.0 Å². The molecule has 3 heterocycles. The smallest absolute Gasteiger partial charge is 0.264 e. The summed E-state index contributed by atoms with van der Waals surface area (Å²) in [5.41, 5.74) is 3.33. The number of ether oxygens (including phenoxy) is 1. The third-order valence-corrected chi connectivity index (χ3v) is 6.88. The summed E-state index contributed by atoms with van der Waals surface area (Å²) in [5.74, 6) is 0.929. The number of hydrogen-bond donors (Lipinski definition) is 0. The average molecular weight is 441 g/mol. The van der Waals surface area contributed by atoms with Gasteiger partial charge in [0.15, 0.2) is 0 Å². The molecule has 1 fully saturated rings. The first-order valence-electron chi connectivity index (χ1n) is 9.90. The van der Waals surface area contributed by atoms with E-state index in [2.05, 4.69) is 19.9 Å². The highest BCUT2D eigenvalue weighted by atomic mass is 32.1. The summed E-state index contributed by atoms with van der Waals surface area (Å²) in [7, 11) is 0. The number of rotatable bonds is 5. The Bertz CT molecular complexity index is 1010. The summed E-state index contributed by atoms with van der Waals surface area (Å²) in [6.07, 6.45) is 0. The Kier molecular flexibility index (Phi) is 6.20. The monoisotopic (exact) mass is 440 g/mol. The maximum atomic E-state index is 12.9. The summed E-state index contributed by atoms with van der Waals surface area (Å²) in [6.45, 7) is 6.79. The normalized spacial score (nSPS) is 14.1. The summed E-state index contributed by atoms with van der Waals surface area (Å²) in [4.78, 5) is 30.5. The lowest BCUT2D eigenvalue weighted by molar-refractivity contribution is 0.0540. The van der Waals surface area contributed by atoms with E-state index in [1.54, 1.807) is 0 Å². The second-order valence-corrected chi connectivity index (χ2v) is 9.35. The molecular formula is C23H24N2O3S2. The van der Waals surface area contributed by atoms with E-state index < -0.39 is 0 Å². The Hall–Kier alpha value is -2.64. The van der Waals surface area contributed by atoms with Crippen LogP contribution in [0.5, 0.6) is 5.75 Å². The van der Waals surface area contributed by atoms with Crippen LogP contribution in [0.1, 0.15) is 36.0 Å². The quantitative estimate of drug-likeness (QED) is 0.582. The van der Waals surface area contributed by atoms with E-state index in [0.717, 1.165) is 16.2 Å². The number of aryl methyl sites for hydroxylation is 2. The van der Waals surface area contributed by atoms with E-state index in [1.165, 1.54) is 33.8 Å². The van der Waals surface area contributed by atoms with Crippen LogP contribution in [0, 0.1) is 13.8 Å². The molecule has 4 rings (SSSR count). The van der Waals surface area contributed by atoms with Crippen molar-refractivity contribution >= 4 is 34.5 Å². The summed E-state index contributed by atoms with van der Waals surface area (Å²) >= 11 is 2.90. The van der Waals surface area contributed by atoms with Gasteiger partial charge in [-0.3, -0.25) is 9.59 Å². The largest absolute Gasteiger partial charge is 0.489 e. The second-order valence-electron chi connectivity index (χ2n) is 7.49. The van der Waals surface area contributed by atoms with Gasteiger partial charge >= 0.3 is 0 Å². The lowest BCUT2D eigenvalue weighted by Gasteiger charge is -2.34. The molecule has 0 atom stereocenters. The minimum absolute atomic E-state index is 0.0286. The van der Waals surface area contributed by atoms with Crippen LogP contribution in [-0.4, -0.2) is 47.8 Å². The molecule has 2 amide bonds. The lowest BCUT2D eigenvalue weighted by Crippen LogP contribution is -2.50. The zero-order valence-corrected chi connectivity index (χ0v) is 18.7. The Labute approximate surface area is 184 Å². The van der Waals surface area contributed by atoms with E-state index in [-0.39, 0.29) is 11.8 Å². The number of piperazine rings is 1. The number of carbonyl (C=O) groups is 2. The van der Waals surface area contributed by atoms with Gasteiger partial charge < -0.3 is 14.5 Å². The Balaban J connectivity index is 1.31. The fraction of sp³-hybridized carbons (Fsp3) is 0.304. The molecule has 0 N–H and O–H groups in total. The van der Waals surface area contributed by atoms with Crippen molar-refractivity contribution in [3.05, 3.63) is 73.6 Å². The molecular weight excluding hydrogens is 416 g/mol. The van der Waals surface area contributed by atoms with Crippen molar-refractivity contribution in [2.24, 2.45) is 0 Å². The highest BCUT2D eigenvalue weighted by molar-refractivity contribution is 7.12. The minimum Gasteiger partial charge on any atom is -0.489 e. The summed E-state index contributed by atoms with van der Waals surface area (Å²) < 4.78 is 5.91. The number of benzene rings is 1. The van der Waals surface area contributed by atoms with Gasteiger partial charge in [-0.25, -0.2) is 0 Å². The van der Waals surface area contributed by atoms with E-state index in [4.69, 9.17) is 4.74 Å². The standard InChI is InChI=1S/C23H24N2O3S2/c1-16-10-17(2)12-19(11-16)28-14-18-13-21(30-15-18)23(27)25-7-5-24(6-8-25)22(26)20-4-3-9-29-20/h3-4,9-13,15H,5-8,14H2,1-2H3. The Morgan fingerprint density at radius 3 is 2.13 bits per heavy atom. The predicted octanol–water partition coefficient (Wildman–Crippen LogP) is 4.60. The molecule has 0 bridgehead atoms. The topological polar surface area (TPSA) is 49.9 Å². The molecule has 0 saturated carbocycles. The van der Waals surface area contributed by atoms with Crippen molar-refractivity contribution in [2.75, 3.05) is 26.2 Å². The highest BCUT2D eigenvalue weighted by Gasteiger charge is 2.26. The van der Waals surface area contributed by atoms with Crippen molar-refractivity contribution in [1.82, 2.24) is 9.80 Å². The van der Waals surface area contributed by atoms with Gasteiger partial charge in [-0.1, -0.05) is 12.1 Å². The van der Waals surface area contributed by atoms with Crippen LogP contribution in [0.3, 0.4) is 0 Å². The zero-order valence-electron chi connectivity index (χ0n) is 17.1. The molecule has 0 unspecified atom stereocenters. The lowest BCUT2D eigenvalue weighted by atomic mass is 10.1. The van der Waals surface area contributed by atoms with Crippen molar-refractivity contribution < 1.29 is 14.3 Å². The fourth-order valence-electron chi connectivity index (χ4n) is 3.57. The minimum atomic E-state index is 0.0286. The van der Waals surface area contributed by atoms with E-state index in [9.17, 15) is 9.59 Å². The molecule has 1 saturated heterocycles. The first-order valence-corrected chi connectivity index (χ1v) is 11.7. The molecule has 1 aliphatic rings. The number of carbonyl (C=O) groups excluding carboxylic acids is 2. The fourth-order valence-corrected chi connectivity index (χ4v) is 5.13. The van der Waals surface area contributed by atoms with Crippen LogP contribution in [0.4, 0.5) is 0 Å². The molecule has 1 aromatic carbocycles. The summed E-state index contributed by atoms with van der Waals surface area (Å²) in [5, 5.41) is 3.89. The van der Waals surface area contributed by atoms with Gasteiger partial charge in [0.1, 0.15) is 12.4 Å². The third-order valence-electron chi connectivity index (χ3n) is 5.05. The van der Waals surface area contributed by atoms with Crippen molar-refractivity contribution in [1.29, 1.82) is 0 Å². The molecule has 2 aromatic heterocycles. The number of thiophene rings is 2. The maximum absolute atomic E-state index is 12.9. The van der Waals surface area contributed by atoms with Gasteiger partial charge in [-0.15, -0.1) is 22.7 Å². The van der Waals surface area contributed by atoms with E-state index in [1.807, 2.05) is 50.9 Å².